The average molecular weight is 471 g/mol. The number of aromatic hydroxyl groups is 1. The van der Waals surface area contributed by atoms with Gasteiger partial charge in [-0.3, -0.25) is 4.79 Å². The summed E-state index contributed by atoms with van der Waals surface area (Å²) < 4.78 is 27.0. The molecule has 168 valence electrons. The molecule has 2 N–H and O–H groups in total. The highest BCUT2D eigenvalue weighted by Gasteiger charge is 2.24. The maximum Gasteiger partial charge on any atom is 0.251 e. The molecule has 5 nitrogen and oxygen atoms in total. The van der Waals surface area contributed by atoms with E-state index in [0.717, 1.165) is 5.56 Å². The summed E-state index contributed by atoms with van der Waals surface area (Å²) in [5, 5.41) is 12.4. The third-order valence-corrected chi connectivity index (χ3v) is 6.98. The van der Waals surface area contributed by atoms with E-state index in [9.17, 15) is 18.5 Å². The molecule has 0 radical (unpaired) electrons. The van der Waals surface area contributed by atoms with Gasteiger partial charge >= 0.3 is 0 Å². The van der Waals surface area contributed by atoms with Gasteiger partial charge in [0.25, 0.3) is 5.91 Å². The van der Waals surface area contributed by atoms with Gasteiger partial charge in [0.05, 0.1) is 32.0 Å². The van der Waals surface area contributed by atoms with Gasteiger partial charge in [0.15, 0.2) is 0 Å². The van der Waals surface area contributed by atoms with Gasteiger partial charge in [-0.2, -0.15) is 0 Å². The Morgan fingerprint density at radius 1 is 0.912 bits per heavy atom. The Labute approximate surface area is 198 Å². The van der Waals surface area contributed by atoms with Crippen molar-refractivity contribution in [2.45, 2.75) is 16.3 Å². The van der Waals surface area contributed by atoms with Crippen molar-refractivity contribution in [3.63, 3.8) is 0 Å². The molecule has 7 heteroatoms. The van der Waals surface area contributed by atoms with Crippen LogP contribution in [0.15, 0.2) is 106 Å². The van der Waals surface area contributed by atoms with Crippen LogP contribution in [0.4, 0.5) is 10.1 Å². The number of carbonyl (C=O) groups excluding carboxylic acids is 1. The zero-order valence-corrected chi connectivity index (χ0v) is 18.7. The summed E-state index contributed by atoms with van der Waals surface area (Å²) in [7, 11) is -1.51. The van der Waals surface area contributed by atoms with E-state index in [2.05, 4.69) is 5.32 Å². The number of nitrogens with zero attached hydrogens (tertiary/aromatic N) is 1. The summed E-state index contributed by atoms with van der Waals surface area (Å²) in [6.07, 6.45) is 0. The number of benzene rings is 4. The van der Waals surface area contributed by atoms with E-state index in [-0.39, 0.29) is 24.0 Å². The quantitative estimate of drug-likeness (QED) is 0.383. The van der Waals surface area contributed by atoms with Crippen LogP contribution in [0.1, 0.15) is 27.0 Å². The average Bonchev–Trinajstić information content (AvgIpc) is 2.97. The predicted octanol–water partition coefficient (Wildman–Crippen LogP) is 5.11. The first-order valence-electron chi connectivity index (χ1n) is 10.6. The summed E-state index contributed by atoms with van der Waals surface area (Å²) in [5.74, 6) is -0.556. The van der Waals surface area contributed by atoms with E-state index in [1.807, 2.05) is 18.2 Å². The minimum absolute atomic E-state index is 0.126. The van der Waals surface area contributed by atoms with Gasteiger partial charge in [-0.1, -0.05) is 30.3 Å². The van der Waals surface area contributed by atoms with Crippen LogP contribution in [0.5, 0.6) is 5.75 Å². The normalized spacial score (nSPS) is 14.4. The second-order valence-electron chi connectivity index (χ2n) is 7.77. The maximum atomic E-state index is 13.5. The van der Waals surface area contributed by atoms with Crippen molar-refractivity contribution >= 4 is 28.1 Å². The first-order valence-corrected chi connectivity index (χ1v) is 11.7. The molecule has 0 saturated carbocycles. The molecule has 34 heavy (non-hydrogen) atoms. The van der Waals surface area contributed by atoms with E-state index < -0.39 is 10.8 Å². The van der Waals surface area contributed by atoms with E-state index >= 15 is 0 Å². The number of hydrogen-bond donors (Lipinski definition) is 2. The first-order chi connectivity index (χ1) is 16.5. The number of phenolic OH excluding ortho intramolecular Hbond substituents is 1. The molecule has 1 unspecified atom stereocenters. The van der Waals surface area contributed by atoms with Gasteiger partial charge < -0.3 is 10.4 Å². The Bertz CT molecular complexity index is 1470. The molecule has 1 aliphatic heterocycles. The van der Waals surface area contributed by atoms with E-state index in [0.29, 0.717) is 37.9 Å². The molecular formula is C27H19FN2O3S. The minimum Gasteiger partial charge on any atom is -0.508 e. The molecule has 0 bridgehead atoms. The second kappa shape index (κ2) is 9.03. The lowest BCUT2D eigenvalue weighted by atomic mass is 10.0. The molecule has 0 spiro atoms. The van der Waals surface area contributed by atoms with Crippen molar-refractivity contribution in [1.82, 2.24) is 5.32 Å². The summed E-state index contributed by atoms with van der Waals surface area (Å²) in [6, 6.07) is 24.8. The lowest BCUT2D eigenvalue weighted by molar-refractivity contribution is 0.0950. The highest BCUT2D eigenvalue weighted by atomic mass is 32.2. The lowest BCUT2D eigenvalue weighted by Gasteiger charge is -2.09. The van der Waals surface area contributed by atoms with Crippen molar-refractivity contribution in [3.05, 3.63) is 119 Å². The van der Waals surface area contributed by atoms with Crippen molar-refractivity contribution in [3.8, 4) is 5.75 Å². The van der Waals surface area contributed by atoms with Crippen molar-refractivity contribution in [2.75, 3.05) is 0 Å². The summed E-state index contributed by atoms with van der Waals surface area (Å²) >= 11 is 0. The Morgan fingerprint density at radius 2 is 1.71 bits per heavy atom. The fraction of sp³-hybridized carbons (Fsp3) is 0.0370. The third kappa shape index (κ3) is 4.25. The van der Waals surface area contributed by atoms with Crippen LogP contribution in [0.25, 0.3) is 0 Å². The molecule has 1 heterocycles. The fourth-order valence-electron chi connectivity index (χ4n) is 3.80. The third-order valence-electron chi connectivity index (χ3n) is 5.48. The molecule has 1 atom stereocenters. The monoisotopic (exact) mass is 470 g/mol. The highest BCUT2D eigenvalue weighted by Crippen LogP contribution is 2.35. The zero-order valence-electron chi connectivity index (χ0n) is 17.9. The summed E-state index contributed by atoms with van der Waals surface area (Å²) in [4.78, 5) is 18.7. The Morgan fingerprint density at radius 3 is 2.50 bits per heavy atom. The van der Waals surface area contributed by atoms with Crippen molar-refractivity contribution in [1.29, 1.82) is 0 Å². The molecule has 1 aliphatic rings. The first kappa shape index (κ1) is 21.7. The number of nitrogens with one attached hydrogen (secondary N) is 1. The largest absolute Gasteiger partial charge is 0.508 e. The number of halogens is 1. The molecule has 4 aromatic rings. The van der Waals surface area contributed by atoms with Crippen LogP contribution in [-0.4, -0.2) is 20.9 Å². The molecule has 4 aromatic carbocycles. The van der Waals surface area contributed by atoms with Crippen LogP contribution >= 0.6 is 0 Å². The molecular weight excluding hydrogens is 451 g/mol. The number of phenols is 1. The highest BCUT2D eigenvalue weighted by molar-refractivity contribution is 7.85. The van der Waals surface area contributed by atoms with Crippen molar-refractivity contribution < 1.29 is 18.5 Å². The predicted molar refractivity (Wildman–Crippen MR) is 129 cm³/mol. The SMILES string of the molecule is O=C(NCc1cccc(O)c1)c1ccc2c(c1)N=C(c1ccc(F)cc1)c1ccccc1S2=O. The van der Waals surface area contributed by atoms with Gasteiger partial charge in [0.1, 0.15) is 11.6 Å². The van der Waals surface area contributed by atoms with E-state index in [4.69, 9.17) is 4.99 Å². The number of hydrogen-bond acceptors (Lipinski definition) is 4. The Hall–Kier alpha value is -4.10. The fourth-order valence-corrected chi connectivity index (χ4v) is 5.09. The van der Waals surface area contributed by atoms with Gasteiger partial charge in [0.2, 0.25) is 0 Å². The standard InChI is InChI=1S/C27H19FN2O3S/c28-20-11-8-18(9-12-20)26-22-6-1-2-7-24(22)34(33)25-13-10-19(15-23(25)30-26)27(32)29-16-17-4-3-5-21(31)14-17/h1-15,31H,16H2,(H,29,32). The summed E-state index contributed by atoms with van der Waals surface area (Å²) in [6.45, 7) is 0.242. The van der Waals surface area contributed by atoms with Crippen LogP contribution in [0, 0.1) is 5.82 Å². The van der Waals surface area contributed by atoms with Crippen LogP contribution < -0.4 is 5.32 Å². The maximum absolute atomic E-state index is 13.5. The second-order valence-corrected chi connectivity index (χ2v) is 9.18. The molecule has 0 aromatic heterocycles. The number of fused-ring (bicyclic) bond motifs is 2. The molecule has 0 fully saturated rings. The van der Waals surface area contributed by atoms with Crippen LogP contribution in [0.2, 0.25) is 0 Å². The number of rotatable bonds is 4. The van der Waals surface area contributed by atoms with Gasteiger partial charge in [-0.25, -0.2) is 13.6 Å². The van der Waals surface area contributed by atoms with Crippen LogP contribution in [-0.2, 0) is 17.3 Å². The molecule has 1 amide bonds. The van der Waals surface area contributed by atoms with Gasteiger partial charge in [-0.05, 0) is 66.2 Å². The van der Waals surface area contributed by atoms with E-state index in [1.54, 1.807) is 60.7 Å². The number of aliphatic imine (C=N–C) groups is 1. The molecule has 0 saturated heterocycles. The van der Waals surface area contributed by atoms with E-state index in [1.165, 1.54) is 12.1 Å². The smallest absolute Gasteiger partial charge is 0.251 e. The van der Waals surface area contributed by atoms with Crippen molar-refractivity contribution in [2.24, 2.45) is 4.99 Å². The zero-order chi connectivity index (χ0) is 23.7. The number of amides is 1. The molecule has 5 rings (SSSR count). The van der Waals surface area contributed by atoms with Crippen LogP contribution in [0.3, 0.4) is 0 Å². The van der Waals surface area contributed by atoms with Gasteiger partial charge in [0, 0.05) is 23.2 Å². The molecule has 0 aliphatic carbocycles. The Balaban J connectivity index is 1.54. The number of carbonyl (C=O) groups is 1. The van der Waals surface area contributed by atoms with Gasteiger partial charge in [-0.15, -0.1) is 0 Å². The Kier molecular flexibility index (Phi) is 5.77. The minimum atomic E-state index is -1.51. The summed E-state index contributed by atoms with van der Waals surface area (Å²) in [5.41, 5.74) is 3.47. The topological polar surface area (TPSA) is 78.8 Å². The lowest BCUT2D eigenvalue weighted by Crippen LogP contribution is -2.22.